The van der Waals surface area contributed by atoms with Gasteiger partial charge in [0.1, 0.15) is 18.9 Å². The second-order valence-corrected chi connectivity index (χ2v) is 7.73. The van der Waals surface area contributed by atoms with Gasteiger partial charge in [-0.2, -0.15) is 0 Å². The second kappa shape index (κ2) is 11.1. The monoisotopic (exact) mass is 475 g/mol. The molecule has 2 aliphatic heterocycles. The Hall–Kier alpha value is -4.16. The van der Waals surface area contributed by atoms with E-state index in [9.17, 15) is 28.8 Å². The minimum atomic E-state index is -1.29. The van der Waals surface area contributed by atoms with Gasteiger partial charge in [0, 0.05) is 13.0 Å². The fourth-order valence-corrected chi connectivity index (χ4v) is 3.68. The van der Waals surface area contributed by atoms with Crippen LogP contribution in [0.4, 0.5) is 9.59 Å². The molecule has 5 amide bonds. The molecule has 0 saturated carbocycles. The van der Waals surface area contributed by atoms with Gasteiger partial charge in [-0.25, -0.2) is 30.0 Å². The standard InChI is InChI=1S/C21H25N5O8/c27-12-15(11-18(29)30)22-19(31)16-7-4-9-25-17(28)8-10-24(21(33)26(16)25)23-20(32)34-13-14-5-2-1-3-6-14/h1-3,5-6,12,15-16H,4,7-11,13H2,(H,22,31)(H,23,32)(H,29,30). The highest BCUT2D eigenvalue weighted by Crippen LogP contribution is 2.23. The van der Waals surface area contributed by atoms with Crippen molar-refractivity contribution >= 4 is 36.2 Å². The highest BCUT2D eigenvalue weighted by atomic mass is 16.6. The third-order valence-corrected chi connectivity index (χ3v) is 5.29. The van der Waals surface area contributed by atoms with Gasteiger partial charge in [-0.1, -0.05) is 30.3 Å². The number of rotatable bonds is 8. The van der Waals surface area contributed by atoms with E-state index >= 15 is 0 Å². The summed E-state index contributed by atoms with van der Waals surface area (Å²) in [5, 5.41) is 14.2. The molecule has 2 saturated heterocycles. The van der Waals surface area contributed by atoms with E-state index in [0.29, 0.717) is 12.7 Å². The van der Waals surface area contributed by atoms with E-state index in [4.69, 9.17) is 9.84 Å². The number of carboxylic acid groups (broad SMARTS) is 1. The minimum Gasteiger partial charge on any atom is -0.481 e. The molecule has 3 N–H and O–H groups in total. The third-order valence-electron chi connectivity index (χ3n) is 5.29. The Balaban J connectivity index is 1.71. The number of aliphatic carboxylic acids is 1. The number of aldehydes is 1. The predicted molar refractivity (Wildman–Crippen MR) is 113 cm³/mol. The lowest BCUT2D eigenvalue weighted by Crippen LogP contribution is -2.64. The Morgan fingerprint density at radius 1 is 1.18 bits per heavy atom. The Morgan fingerprint density at radius 3 is 2.59 bits per heavy atom. The largest absolute Gasteiger partial charge is 0.481 e. The number of urea groups is 1. The van der Waals surface area contributed by atoms with Crippen molar-refractivity contribution in [1.29, 1.82) is 0 Å². The molecule has 2 heterocycles. The van der Waals surface area contributed by atoms with Crippen molar-refractivity contribution in [1.82, 2.24) is 25.8 Å². The summed E-state index contributed by atoms with van der Waals surface area (Å²) in [4.78, 5) is 73.0. The van der Waals surface area contributed by atoms with Gasteiger partial charge >= 0.3 is 18.1 Å². The van der Waals surface area contributed by atoms with E-state index < -0.39 is 48.4 Å². The maximum absolute atomic E-state index is 13.2. The fourth-order valence-electron chi connectivity index (χ4n) is 3.68. The van der Waals surface area contributed by atoms with Crippen LogP contribution in [0.15, 0.2) is 30.3 Å². The first-order chi connectivity index (χ1) is 16.3. The maximum atomic E-state index is 13.2. The molecule has 13 nitrogen and oxygen atoms in total. The van der Waals surface area contributed by atoms with Crippen LogP contribution in [0.1, 0.15) is 31.2 Å². The number of hydrogen-bond donors (Lipinski definition) is 3. The van der Waals surface area contributed by atoms with Gasteiger partial charge in [0.2, 0.25) is 11.8 Å². The van der Waals surface area contributed by atoms with Crippen molar-refractivity contribution in [3.05, 3.63) is 35.9 Å². The SMILES string of the molecule is O=CC(CC(=O)O)NC(=O)C1CCCN2C(=O)CCN(NC(=O)OCc3ccccc3)C(=O)N12. The van der Waals surface area contributed by atoms with E-state index in [-0.39, 0.29) is 32.5 Å². The summed E-state index contributed by atoms with van der Waals surface area (Å²) in [5.41, 5.74) is 3.04. The summed E-state index contributed by atoms with van der Waals surface area (Å²) in [6.07, 6.45) is -0.778. The fraction of sp³-hybridized carbons (Fsp3) is 0.429. The van der Waals surface area contributed by atoms with Crippen LogP contribution in [0, 0.1) is 0 Å². The van der Waals surface area contributed by atoms with E-state index in [0.717, 1.165) is 20.6 Å². The molecular formula is C21H25N5O8. The van der Waals surface area contributed by atoms with E-state index in [1.807, 2.05) is 6.07 Å². The Morgan fingerprint density at radius 2 is 1.91 bits per heavy atom. The average Bonchev–Trinajstić information content (AvgIpc) is 2.94. The number of hydrogen-bond acceptors (Lipinski definition) is 7. The quantitative estimate of drug-likeness (QED) is 0.443. The number of benzene rings is 1. The molecule has 0 spiro atoms. The van der Waals surface area contributed by atoms with Crippen LogP contribution in [0.3, 0.4) is 0 Å². The molecule has 0 aliphatic carbocycles. The van der Waals surface area contributed by atoms with E-state index in [2.05, 4.69) is 10.7 Å². The number of fused-ring (bicyclic) bond motifs is 1. The van der Waals surface area contributed by atoms with Crippen LogP contribution in [-0.4, -0.2) is 81.5 Å². The van der Waals surface area contributed by atoms with Crippen molar-refractivity contribution in [3.8, 4) is 0 Å². The number of amides is 5. The molecule has 2 atom stereocenters. The van der Waals surface area contributed by atoms with Crippen molar-refractivity contribution in [2.24, 2.45) is 0 Å². The summed E-state index contributed by atoms with van der Waals surface area (Å²) in [6.45, 7) is 0.00741. The molecule has 1 aromatic carbocycles. The maximum Gasteiger partial charge on any atom is 0.426 e. The molecule has 2 aliphatic rings. The first kappa shape index (κ1) is 24.5. The summed E-state index contributed by atoms with van der Waals surface area (Å²) in [6, 6.07) is 5.59. The van der Waals surface area contributed by atoms with Crippen LogP contribution in [0.5, 0.6) is 0 Å². The zero-order valence-corrected chi connectivity index (χ0v) is 18.2. The smallest absolute Gasteiger partial charge is 0.426 e. The average molecular weight is 475 g/mol. The zero-order chi connectivity index (χ0) is 24.7. The number of carbonyl (C=O) groups excluding carboxylic acids is 5. The van der Waals surface area contributed by atoms with Gasteiger partial charge in [0.25, 0.3) is 0 Å². The minimum absolute atomic E-state index is 0.0365. The lowest BCUT2D eigenvalue weighted by Gasteiger charge is -2.42. The lowest BCUT2D eigenvalue weighted by molar-refractivity contribution is -0.155. The summed E-state index contributed by atoms with van der Waals surface area (Å²) >= 11 is 0. The van der Waals surface area contributed by atoms with Crippen molar-refractivity contribution in [3.63, 3.8) is 0 Å². The number of carboxylic acids is 1. The number of nitrogens with one attached hydrogen (secondary N) is 2. The van der Waals surface area contributed by atoms with Gasteiger partial charge < -0.3 is 20.0 Å². The third kappa shape index (κ3) is 5.99. The topological polar surface area (TPSA) is 166 Å². The van der Waals surface area contributed by atoms with Crippen LogP contribution in [-0.2, 0) is 30.5 Å². The lowest BCUT2D eigenvalue weighted by atomic mass is 10.1. The molecule has 3 rings (SSSR count). The highest BCUT2D eigenvalue weighted by molar-refractivity contribution is 5.92. The van der Waals surface area contributed by atoms with Crippen LogP contribution < -0.4 is 10.7 Å². The van der Waals surface area contributed by atoms with Gasteiger partial charge in [-0.05, 0) is 18.4 Å². The van der Waals surface area contributed by atoms with Crippen LogP contribution in [0.2, 0.25) is 0 Å². The van der Waals surface area contributed by atoms with Crippen LogP contribution >= 0.6 is 0 Å². The van der Waals surface area contributed by atoms with Crippen molar-refractivity contribution < 1.29 is 38.6 Å². The highest BCUT2D eigenvalue weighted by Gasteiger charge is 2.44. The number of hydrazine groups is 2. The molecule has 0 radical (unpaired) electrons. The molecule has 2 fully saturated rings. The summed E-state index contributed by atoms with van der Waals surface area (Å²) in [5.74, 6) is -2.49. The number of ether oxygens (including phenoxy) is 1. The molecule has 182 valence electrons. The summed E-state index contributed by atoms with van der Waals surface area (Å²) in [7, 11) is 0. The Kier molecular flexibility index (Phi) is 8.01. The number of carbonyl (C=O) groups is 6. The van der Waals surface area contributed by atoms with E-state index in [1.165, 1.54) is 0 Å². The van der Waals surface area contributed by atoms with Gasteiger partial charge in [-0.3, -0.25) is 14.4 Å². The summed E-state index contributed by atoms with van der Waals surface area (Å²) < 4.78 is 5.13. The molecule has 0 bridgehead atoms. The van der Waals surface area contributed by atoms with Gasteiger partial charge in [-0.15, -0.1) is 0 Å². The Bertz CT molecular complexity index is 956. The first-order valence-electron chi connectivity index (χ1n) is 10.7. The predicted octanol–water partition coefficient (Wildman–Crippen LogP) is 0.0199. The van der Waals surface area contributed by atoms with E-state index in [1.54, 1.807) is 24.3 Å². The van der Waals surface area contributed by atoms with Crippen molar-refractivity contribution in [2.45, 2.75) is 44.4 Å². The number of nitrogens with zero attached hydrogens (tertiary/aromatic N) is 3. The zero-order valence-electron chi connectivity index (χ0n) is 18.2. The van der Waals surface area contributed by atoms with Gasteiger partial charge in [0.05, 0.1) is 19.0 Å². The molecular weight excluding hydrogens is 450 g/mol. The van der Waals surface area contributed by atoms with Gasteiger partial charge in [0.15, 0.2) is 0 Å². The normalized spacial score (nSPS) is 18.9. The molecule has 34 heavy (non-hydrogen) atoms. The molecule has 1 aromatic rings. The second-order valence-electron chi connectivity index (χ2n) is 7.73. The molecule has 2 unspecified atom stereocenters. The first-order valence-corrected chi connectivity index (χ1v) is 10.7. The van der Waals surface area contributed by atoms with Crippen LogP contribution in [0.25, 0.3) is 0 Å². The Labute approximate surface area is 194 Å². The molecule has 0 aromatic heterocycles. The van der Waals surface area contributed by atoms with Crippen molar-refractivity contribution in [2.75, 3.05) is 13.1 Å². The molecule has 13 heteroatoms.